The summed E-state index contributed by atoms with van der Waals surface area (Å²) < 4.78 is 10.9. The van der Waals surface area contributed by atoms with Gasteiger partial charge in [0.05, 0.1) is 6.54 Å². The molecule has 1 unspecified atom stereocenters. The van der Waals surface area contributed by atoms with Crippen molar-refractivity contribution in [2.45, 2.75) is 25.9 Å². The number of hydrogen-bond acceptors (Lipinski definition) is 5. The summed E-state index contributed by atoms with van der Waals surface area (Å²) in [5.41, 5.74) is 0. The third-order valence-electron chi connectivity index (χ3n) is 3.00. The van der Waals surface area contributed by atoms with Crippen molar-refractivity contribution in [2.24, 2.45) is 0 Å². The van der Waals surface area contributed by atoms with Crippen LogP contribution in [0.1, 0.15) is 19.8 Å². The Kier molecular flexibility index (Phi) is 5.09. The van der Waals surface area contributed by atoms with Crippen LogP contribution in [0.15, 0.2) is 18.3 Å². The molecular weight excluding hydrogens is 246 g/mol. The zero-order valence-corrected chi connectivity index (χ0v) is 11.1. The number of carbonyl (C=O) groups is 1. The molecule has 1 aromatic rings. The Labute approximate surface area is 112 Å². The predicted molar refractivity (Wildman–Crippen MR) is 68.8 cm³/mol. The van der Waals surface area contributed by atoms with Gasteiger partial charge in [-0.1, -0.05) is 0 Å². The number of ether oxygens (including phenoxy) is 2. The topological polar surface area (TPSA) is 64.5 Å². The van der Waals surface area contributed by atoms with E-state index in [0.717, 1.165) is 19.4 Å². The lowest BCUT2D eigenvalue weighted by Crippen LogP contribution is -2.45. The van der Waals surface area contributed by atoms with Gasteiger partial charge in [-0.05, 0) is 25.8 Å². The van der Waals surface area contributed by atoms with Gasteiger partial charge in [-0.2, -0.15) is 5.10 Å². The summed E-state index contributed by atoms with van der Waals surface area (Å²) in [6.07, 6.45) is 3.44. The highest BCUT2D eigenvalue weighted by Gasteiger charge is 2.25. The molecule has 6 nitrogen and oxygen atoms in total. The van der Waals surface area contributed by atoms with Crippen LogP contribution < -0.4 is 4.74 Å². The standard InChI is InChI=1S/C13H19N3O3/c1-2-18-10-13(17)16-8-4-5-11(9-16)19-12-6-3-7-14-15-12/h3,6-7,11H,2,4-5,8-10H2,1H3. The smallest absolute Gasteiger partial charge is 0.248 e. The summed E-state index contributed by atoms with van der Waals surface area (Å²) in [5, 5.41) is 7.66. The molecule has 0 saturated carbocycles. The van der Waals surface area contributed by atoms with Crippen LogP contribution in [0, 0.1) is 0 Å². The lowest BCUT2D eigenvalue weighted by atomic mass is 10.1. The van der Waals surface area contributed by atoms with Crippen LogP contribution in [-0.2, 0) is 9.53 Å². The number of likely N-dealkylation sites (tertiary alicyclic amines) is 1. The number of hydrogen-bond donors (Lipinski definition) is 0. The summed E-state index contributed by atoms with van der Waals surface area (Å²) >= 11 is 0. The summed E-state index contributed by atoms with van der Waals surface area (Å²) in [6, 6.07) is 3.55. The minimum Gasteiger partial charge on any atom is -0.471 e. The van der Waals surface area contributed by atoms with E-state index in [-0.39, 0.29) is 18.6 Å². The lowest BCUT2D eigenvalue weighted by Gasteiger charge is -2.32. The Morgan fingerprint density at radius 2 is 2.47 bits per heavy atom. The number of piperidine rings is 1. The van der Waals surface area contributed by atoms with Gasteiger partial charge in [-0.25, -0.2) is 0 Å². The fraction of sp³-hybridized carbons (Fsp3) is 0.615. The van der Waals surface area contributed by atoms with Crippen molar-refractivity contribution >= 4 is 5.91 Å². The first-order valence-corrected chi connectivity index (χ1v) is 6.59. The molecule has 1 atom stereocenters. The molecular formula is C13H19N3O3. The van der Waals surface area contributed by atoms with Crippen LogP contribution in [-0.4, -0.2) is 53.4 Å². The summed E-state index contributed by atoms with van der Waals surface area (Å²) in [5.74, 6) is 0.529. The number of aromatic nitrogens is 2. The molecule has 1 aliphatic heterocycles. The van der Waals surface area contributed by atoms with Crippen molar-refractivity contribution < 1.29 is 14.3 Å². The Morgan fingerprint density at radius 1 is 1.58 bits per heavy atom. The largest absolute Gasteiger partial charge is 0.471 e. The fourth-order valence-corrected chi connectivity index (χ4v) is 2.06. The van der Waals surface area contributed by atoms with Crippen molar-refractivity contribution in [3.63, 3.8) is 0 Å². The molecule has 0 aliphatic carbocycles. The van der Waals surface area contributed by atoms with Gasteiger partial charge in [0.15, 0.2) is 0 Å². The second-order valence-electron chi connectivity index (χ2n) is 4.42. The zero-order valence-electron chi connectivity index (χ0n) is 11.1. The van der Waals surface area contributed by atoms with Crippen LogP contribution in [0.2, 0.25) is 0 Å². The molecule has 1 saturated heterocycles. The van der Waals surface area contributed by atoms with Gasteiger partial charge < -0.3 is 14.4 Å². The minimum absolute atomic E-state index is 0.0176. The highest BCUT2D eigenvalue weighted by atomic mass is 16.5. The zero-order chi connectivity index (χ0) is 13.5. The van der Waals surface area contributed by atoms with Crippen LogP contribution in [0.5, 0.6) is 5.88 Å². The molecule has 1 fully saturated rings. The van der Waals surface area contributed by atoms with Crippen LogP contribution in [0.4, 0.5) is 0 Å². The summed E-state index contributed by atoms with van der Waals surface area (Å²) in [4.78, 5) is 13.7. The Bertz CT molecular complexity index is 399. The molecule has 104 valence electrons. The number of carbonyl (C=O) groups excluding carboxylic acids is 1. The number of nitrogens with zero attached hydrogens (tertiary/aromatic N) is 3. The molecule has 0 N–H and O–H groups in total. The van der Waals surface area contributed by atoms with Crippen LogP contribution in [0.3, 0.4) is 0 Å². The third kappa shape index (κ3) is 4.17. The molecule has 19 heavy (non-hydrogen) atoms. The quantitative estimate of drug-likeness (QED) is 0.791. The molecule has 0 spiro atoms. The first-order chi connectivity index (χ1) is 9.29. The van der Waals surface area contributed by atoms with Crippen molar-refractivity contribution in [2.75, 3.05) is 26.3 Å². The number of amides is 1. The molecule has 2 heterocycles. The van der Waals surface area contributed by atoms with E-state index in [9.17, 15) is 4.79 Å². The maximum absolute atomic E-state index is 11.9. The first kappa shape index (κ1) is 13.7. The molecule has 1 amide bonds. The van der Waals surface area contributed by atoms with Crippen LogP contribution in [0.25, 0.3) is 0 Å². The van der Waals surface area contributed by atoms with E-state index in [1.165, 1.54) is 0 Å². The molecule has 0 aromatic carbocycles. The van der Waals surface area contributed by atoms with Crippen molar-refractivity contribution in [1.29, 1.82) is 0 Å². The van der Waals surface area contributed by atoms with Crippen molar-refractivity contribution in [3.8, 4) is 5.88 Å². The fourth-order valence-electron chi connectivity index (χ4n) is 2.06. The molecule has 0 radical (unpaired) electrons. The van der Waals surface area contributed by atoms with E-state index in [2.05, 4.69) is 10.2 Å². The van der Waals surface area contributed by atoms with Gasteiger partial charge in [-0.3, -0.25) is 4.79 Å². The summed E-state index contributed by atoms with van der Waals surface area (Å²) in [7, 11) is 0. The summed E-state index contributed by atoms with van der Waals surface area (Å²) in [6.45, 7) is 3.94. The monoisotopic (exact) mass is 265 g/mol. The van der Waals surface area contributed by atoms with E-state index in [1.54, 1.807) is 23.2 Å². The second-order valence-corrected chi connectivity index (χ2v) is 4.42. The van der Waals surface area contributed by atoms with E-state index in [4.69, 9.17) is 9.47 Å². The highest BCUT2D eigenvalue weighted by Crippen LogP contribution is 2.16. The Hall–Kier alpha value is -1.69. The highest BCUT2D eigenvalue weighted by molar-refractivity contribution is 5.77. The predicted octanol–water partition coefficient (Wildman–Crippen LogP) is 0.883. The van der Waals surface area contributed by atoms with Crippen molar-refractivity contribution in [3.05, 3.63) is 18.3 Å². The third-order valence-corrected chi connectivity index (χ3v) is 3.00. The van der Waals surface area contributed by atoms with E-state index >= 15 is 0 Å². The average Bonchev–Trinajstić information content (AvgIpc) is 2.46. The van der Waals surface area contributed by atoms with E-state index in [0.29, 0.717) is 19.0 Å². The van der Waals surface area contributed by atoms with Gasteiger partial charge >= 0.3 is 0 Å². The Balaban J connectivity index is 1.85. The van der Waals surface area contributed by atoms with E-state index in [1.807, 2.05) is 6.92 Å². The van der Waals surface area contributed by atoms with Gasteiger partial charge in [0.2, 0.25) is 11.8 Å². The average molecular weight is 265 g/mol. The molecule has 6 heteroatoms. The SMILES string of the molecule is CCOCC(=O)N1CCCC(Oc2cccnn2)C1. The first-order valence-electron chi connectivity index (χ1n) is 6.59. The van der Waals surface area contributed by atoms with Crippen LogP contribution >= 0.6 is 0 Å². The second kappa shape index (κ2) is 7.04. The Morgan fingerprint density at radius 3 is 3.21 bits per heavy atom. The van der Waals surface area contributed by atoms with Gasteiger partial charge in [0, 0.05) is 25.4 Å². The van der Waals surface area contributed by atoms with Crippen molar-refractivity contribution in [1.82, 2.24) is 15.1 Å². The van der Waals surface area contributed by atoms with Gasteiger partial charge in [-0.15, -0.1) is 5.10 Å². The van der Waals surface area contributed by atoms with Gasteiger partial charge in [0.1, 0.15) is 12.7 Å². The molecule has 1 aliphatic rings. The molecule has 2 rings (SSSR count). The molecule has 1 aromatic heterocycles. The normalized spacial score (nSPS) is 19.2. The van der Waals surface area contributed by atoms with E-state index < -0.39 is 0 Å². The molecule has 0 bridgehead atoms. The maximum Gasteiger partial charge on any atom is 0.248 e. The maximum atomic E-state index is 11.9. The number of rotatable bonds is 5. The lowest BCUT2D eigenvalue weighted by molar-refractivity contribution is -0.138. The minimum atomic E-state index is -0.0176. The van der Waals surface area contributed by atoms with Gasteiger partial charge in [0.25, 0.3) is 0 Å².